The number of hydrogen-bond acceptors (Lipinski definition) is 5. The number of nitrogens with one attached hydrogen (secondary N) is 1. The molecule has 0 atom stereocenters. The van der Waals surface area contributed by atoms with Crippen molar-refractivity contribution in [3.05, 3.63) is 50.9 Å². The third-order valence-electron chi connectivity index (χ3n) is 2.32. The van der Waals surface area contributed by atoms with E-state index in [0.29, 0.717) is 5.69 Å². The predicted molar refractivity (Wildman–Crippen MR) is 70.2 cm³/mol. The fraction of sp³-hybridized carbons (Fsp3) is 0.0833. The van der Waals surface area contributed by atoms with E-state index in [1.54, 1.807) is 12.1 Å². The van der Waals surface area contributed by atoms with Gasteiger partial charge in [-0.3, -0.25) is 10.1 Å². The van der Waals surface area contributed by atoms with Crippen LogP contribution in [0.3, 0.4) is 0 Å². The molecule has 1 N–H and O–H groups in total. The highest BCUT2D eigenvalue weighted by Gasteiger charge is 2.15. The molecule has 1 aromatic carbocycles. The molecular formula is C12H9N3O2S. The van der Waals surface area contributed by atoms with Crippen molar-refractivity contribution in [3.8, 4) is 6.07 Å². The van der Waals surface area contributed by atoms with Gasteiger partial charge in [-0.25, -0.2) is 0 Å². The van der Waals surface area contributed by atoms with E-state index < -0.39 is 4.92 Å². The zero-order valence-corrected chi connectivity index (χ0v) is 10.3. The van der Waals surface area contributed by atoms with E-state index in [2.05, 4.69) is 5.32 Å². The summed E-state index contributed by atoms with van der Waals surface area (Å²) in [6, 6.07) is 10.0. The lowest BCUT2D eigenvalue weighted by Gasteiger charge is -2.04. The van der Waals surface area contributed by atoms with Gasteiger partial charge in [-0.15, -0.1) is 11.3 Å². The van der Waals surface area contributed by atoms with Gasteiger partial charge in [0, 0.05) is 10.9 Å². The van der Waals surface area contributed by atoms with E-state index >= 15 is 0 Å². The molecule has 0 aliphatic rings. The Kier molecular flexibility index (Phi) is 3.26. The van der Waals surface area contributed by atoms with Crippen LogP contribution in [-0.4, -0.2) is 4.92 Å². The van der Waals surface area contributed by atoms with Crippen molar-refractivity contribution >= 4 is 27.7 Å². The van der Waals surface area contributed by atoms with Crippen molar-refractivity contribution < 1.29 is 4.92 Å². The van der Waals surface area contributed by atoms with Crippen LogP contribution in [-0.2, 0) is 0 Å². The Morgan fingerprint density at radius 2 is 2.17 bits per heavy atom. The molecule has 0 spiro atoms. The van der Waals surface area contributed by atoms with Crippen LogP contribution in [0.15, 0.2) is 30.3 Å². The molecule has 0 saturated heterocycles. The summed E-state index contributed by atoms with van der Waals surface area (Å²) < 4.78 is 0. The molecule has 90 valence electrons. The summed E-state index contributed by atoms with van der Waals surface area (Å²) in [4.78, 5) is 11.6. The normalized spacial score (nSPS) is 9.78. The number of nitriles is 1. The van der Waals surface area contributed by atoms with Gasteiger partial charge in [0.05, 0.1) is 21.6 Å². The first-order valence-electron chi connectivity index (χ1n) is 5.12. The highest BCUT2D eigenvalue weighted by Crippen LogP contribution is 2.31. The number of anilines is 2. The van der Waals surface area contributed by atoms with E-state index in [0.717, 1.165) is 9.88 Å². The number of aryl methyl sites for hydroxylation is 1. The lowest BCUT2D eigenvalue weighted by molar-refractivity contribution is -0.383. The van der Waals surface area contributed by atoms with Crippen LogP contribution in [0.2, 0.25) is 0 Å². The molecule has 18 heavy (non-hydrogen) atoms. The van der Waals surface area contributed by atoms with Crippen LogP contribution in [0, 0.1) is 28.4 Å². The summed E-state index contributed by atoms with van der Waals surface area (Å²) in [6.07, 6.45) is 0. The number of nitro groups is 1. The second-order valence-corrected chi connectivity index (χ2v) is 4.92. The SMILES string of the molecule is Cc1ccc(Nc2ccc(C#N)cc2[N+](=O)[O-])s1. The zero-order chi connectivity index (χ0) is 13.1. The molecule has 0 bridgehead atoms. The van der Waals surface area contributed by atoms with Crippen molar-refractivity contribution in [1.29, 1.82) is 5.26 Å². The van der Waals surface area contributed by atoms with Gasteiger partial charge < -0.3 is 5.32 Å². The Labute approximate surface area is 107 Å². The van der Waals surface area contributed by atoms with E-state index in [1.165, 1.54) is 17.4 Å². The Morgan fingerprint density at radius 1 is 1.39 bits per heavy atom. The van der Waals surface area contributed by atoms with Crippen LogP contribution in [0.1, 0.15) is 10.4 Å². The second kappa shape index (κ2) is 4.85. The van der Waals surface area contributed by atoms with Crippen LogP contribution >= 0.6 is 11.3 Å². The van der Waals surface area contributed by atoms with Crippen LogP contribution in [0.25, 0.3) is 0 Å². The molecule has 0 aliphatic heterocycles. The standard InChI is InChI=1S/C12H9N3O2S/c1-8-2-5-12(18-8)14-10-4-3-9(7-13)6-11(10)15(16)17/h2-6,14H,1H3. The Morgan fingerprint density at radius 3 is 2.72 bits per heavy atom. The molecule has 0 radical (unpaired) electrons. The minimum Gasteiger partial charge on any atom is -0.342 e. The minimum atomic E-state index is -0.496. The summed E-state index contributed by atoms with van der Waals surface area (Å²) in [6.45, 7) is 1.96. The quantitative estimate of drug-likeness (QED) is 0.675. The van der Waals surface area contributed by atoms with Gasteiger partial charge in [0.25, 0.3) is 5.69 Å². The molecule has 2 rings (SSSR count). The highest BCUT2D eigenvalue weighted by atomic mass is 32.1. The number of hydrogen-bond donors (Lipinski definition) is 1. The van der Waals surface area contributed by atoms with Crippen molar-refractivity contribution in [1.82, 2.24) is 0 Å². The van der Waals surface area contributed by atoms with Crippen molar-refractivity contribution in [2.45, 2.75) is 6.92 Å². The maximum Gasteiger partial charge on any atom is 0.294 e. The number of benzene rings is 1. The smallest absolute Gasteiger partial charge is 0.294 e. The van der Waals surface area contributed by atoms with Gasteiger partial charge in [-0.05, 0) is 31.2 Å². The first kappa shape index (κ1) is 12.1. The number of thiophene rings is 1. The van der Waals surface area contributed by atoms with E-state index in [9.17, 15) is 10.1 Å². The first-order valence-corrected chi connectivity index (χ1v) is 5.94. The molecule has 0 aliphatic carbocycles. The molecule has 0 saturated carbocycles. The summed E-state index contributed by atoms with van der Waals surface area (Å²) in [5, 5.41) is 23.5. The Bertz CT molecular complexity index is 643. The molecule has 0 unspecified atom stereocenters. The average Bonchev–Trinajstić information content (AvgIpc) is 2.75. The van der Waals surface area contributed by atoms with Crippen molar-refractivity contribution in [2.75, 3.05) is 5.32 Å². The number of nitrogens with zero attached hydrogens (tertiary/aromatic N) is 2. The third-order valence-corrected chi connectivity index (χ3v) is 3.24. The predicted octanol–water partition coefficient (Wildman–Crippen LogP) is 3.58. The van der Waals surface area contributed by atoms with E-state index in [1.807, 2.05) is 25.1 Å². The topological polar surface area (TPSA) is 79.0 Å². The molecule has 6 heteroatoms. The van der Waals surface area contributed by atoms with Gasteiger partial charge in [0.2, 0.25) is 0 Å². The number of nitro benzene ring substituents is 1. The van der Waals surface area contributed by atoms with Crippen molar-refractivity contribution in [3.63, 3.8) is 0 Å². The summed E-state index contributed by atoms with van der Waals surface area (Å²) >= 11 is 1.51. The van der Waals surface area contributed by atoms with E-state index in [4.69, 9.17) is 5.26 Å². The second-order valence-electron chi connectivity index (χ2n) is 3.64. The number of rotatable bonds is 3. The largest absolute Gasteiger partial charge is 0.342 e. The van der Waals surface area contributed by atoms with Crippen molar-refractivity contribution in [2.24, 2.45) is 0 Å². The van der Waals surface area contributed by atoms with Gasteiger partial charge in [-0.2, -0.15) is 5.26 Å². The minimum absolute atomic E-state index is 0.0971. The summed E-state index contributed by atoms with van der Waals surface area (Å²) in [5.74, 6) is 0. The maximum atomic E-state index is 10.9. The third kappa shape index (κ3) is 2.47. The lowest BCUT2D eigenvalue weighted by atomic mass is 10.2. The monoisotopic (exact) mass is 259 g/mol. The molecule has 5 nitrogen and oxygen atoms in total. The fourth-order valence-electron chi connectivity index (χ4n) is 1.49. The van der Waals surface area contributed by atoms with Gasteiger partial charge in [-0.1, -0.05) is 0 Å². The fourth-order valence-corrected chi connectivity index (χ4v) is 2.27. The van der Waals surface area contributed by atoms with Gasteiger partial charge in [0.1, 0.15) is 5.69 Å². The van der Waals surface area contributed by atoms with Crippen LogP contribution in [0.4, 0.5) is 16.4 Å². The maximum absolute atomic E-state index is 10.9. The van der Waals surface area contributed by atoms with Crippen LogP contribution in [0.5, 0.6) is 0 Å². The molecular weight excluding hydrogens is 250 g/mol. The first-order chi connectivity index (χ1) is 8.60. The average molecular weight is 259 g/mol. The summed E-state index contributed by atoms with van der Waals surface area (Å²) in [5.41, 5.74) is 0.565. The molecule has 1 heterocycles. The Balaban J connectivity index is 2.38. The highest BCUT2D eigenvalue weighted by molar-refractivity contribution is 7.16. The molecule has 0 amide bonds. The zero-order valence-electron chi connectivity index (χ0n) is 9.51. The van der Waals surface area contributed by atoms with Gasteiger partial charge >= 0.3 is 0 Å². The molecule has 2 aromatic rings. The molecule has 1 aromatic heterocycles. The summed E-state index contributed by atoms with van der Waals surface area (Å²) in [7, 11) is 0. The molecule has 0 fully saturated rings. The van der Waals surface area contributed by atoms with Gasteiger partial charge in [0.15, 0.2) is 0 Å². The lowest BCUT2D eigenvalue weighted by Crippen LogP contribution is -1.96. The van der Waals surface area contributed by atoms with E-state index in [-0.39, 0.29) is 11.3 Å². The Hall–Kier alpha value is -2.39. The van der Waals surface area contributed by atoms with Crippen LogP contribution < -0.4 is 5.32 Å².